The van der Waals surface area contributed by atoms with Crippen LogP contribution < -0.4 is 15.4 Å². The second kappa shape index (κ2) is 11.0. The van der Waals surface area contributed by atoms with Crippen molar-refractivity contribution in [1.29, 1.82) is 0 Å². The molecule has 0 radical (unpaired) electrons. The lowest BCUT2D eigenvalue weighted by atomic mass is 10.2. The second-order valence-electron chi connectivity index (χ2n) is 6.15. The zero-order chi connectivity index (χ0) is 20.4. The molecule has 3 N–H and O–H groups in total. The van der Waals surface area contributed by atoms with Gasteiger partial charge in [-0.3, -0.25) is 14.6 Å². The van der Waals surface area contributed by atoms with E-state index in [0.717, 1.165) is 11.3 Å². The van der Waals surface area contributed by atoms with Crippen LogP contribution >= 0.6 is 0 Å². The molecule has 1 heterocycles. The Hall–Kier alpha value is -2.97. The number of pyridine rings is 1. The maximum Gasteiger partial charge on any atom is 0.269 e. The standard InChI is InChI=1S/C20H25N3O5/c1-14(24)11-23-20(26)18-8-5-16(12-22-18)19(25)21-9-10-28-13-15-3-6-17(27-2)7-4-15/h3-8,12,14,24H,9-11,13H2,1-2H3,(H,21,25)(H,23,26). The number of hydrogen-bond donors (Lipinski definition) is 3. The molecule has 0 aliphatic rings. The van der Waals surface area contributed by atoms with Gasteiger partial charge in [-0.25, -0.2) is 0 Å². The van der Waals surface area contributed by atoms with Crippen LogP contribution in [-0.4, -0.2) is 54.8 Å². The number of rotatable bonds is 10. The number of ether oxygens (including phenoxy) is 2. The molecule has 1 unspecified atom stereocenters. The van der Waals surface area contributed by atoms with Gasteiger partial charge in [0, 0.05) is 19.3 Å². The third-order valence-electron chi connectivity index (χ3n) is 3.78. The summed E-state index contributed by atoms with van der Waals surface area (Å²) in [4.78, 5) is 27.9. The molecule has 1 aromatic carbocycles. The molecule has 2 amide bonds. The van der Waals surface area contributed by atoms with Gasteiger partial charge in [0.1, 0.15) is 11.4 Å². The average molecular weight is 387 g/mol. The number of amides is 2. The smallest absolute Gasteiger partial charge is 0.269 e. The zero-order valence-corrected chi connectivity index (χ0v) is 16.0. The molecule has 1 aromatic heterocycles. The lowest BCUT2D eigenvalue weighted by molar-refractivity contribution is 0.0895. The number of methoxy groups -OCH3 is 1. The number of nitrogens with zero attached hydrogens (tertiary/aromatic N) is 1. The van der Waals surface area contributed by atoms with E-state index in [1.54, 1.807) is 14.0 Å². The first-order valence-electron chi connectivity index (χ1n) is 8.90. The first-order chi connectivity index (χ1) is 13.5. The summed E-state index contributed by atoms with van der Waals surface area (Å²) in [6.07, 6.45) is 0.700. The Bertz CT molecular complexity index is 760. The minimum atomic E-state index is -0.638. The number of nitrogens with one attached hydrogen (secondary N) is 2. The summed E-state index contributed by atoms with van der Waals surface area (Å²) in [6, 6.07) is 10.6. The first kappa shape index (κ1) is 21.3. The summed E-state index contributed by atoms with van der Waals surface area (Å²) >= 11 is 0. The number of aliphatic hydroxyl groups is 1. The van der Waals surface area contributed by atoms with Crippen molar-refractivity contribution in [3.63, 3.8) is 0 Å². The summed E-state index contributed by atoms with van der Waals surface area (Å²) in [6.45, 7) is 2.87. The van der Waals surface area contributed by atoms with E-state index in [1.165, 1.54) is 18.3 Å². The summed E-state index contributed by atoms with van der Waals surface area (Å²) in [5.41, 5.74) is 1.54. The molecule has 0 saturated heterocycles. The van der Waals surface area contributed by atoms with Gasteiger partial charge < -0.3 is 25.2 Å². The van der Waals surface area contributed by atoms with E-state index in [0.29, 0.717) is 25.3 Å². The molecule has 0 spiro atoms. The molecule has 0 aliphatic heterocycles. The van der Waals surface area contributed by atoms with E-state index in [1.807, 2.05) is 24.3 Å². The fourth-order valence-electron chi connectivity index (χ4n) is 2.24. The van der Waals surface area contributed by atoms with Gasteiger partial charge in [-0.05, 0) is 36.8 Å². The third kappa shape index (κ3) is 6.98. The predicted octanol–water partition coefficient (Wildman–Crippen LogP) is 1.15. The van der Waals surface area contributed by atoms with Crippen molar-refractivity contribution in [2.24, 2.45) is 0 Å². The Balaban J connectivity index is 1.70. The van der Waals surface area contributed by atoms with Crippen LogP contribution in [0.2, 0.25) is 0 Å². The van der Waals surface area contributed by atoms with Gasteiger partial charge in [0.25, 0.3) is 11.8 Å². The molecule has 28 heavy (non-hydrogen) atoms. The minimum Gasteiger partial charge on any atom is -0.497 e. The highest BCUT2D eigenvalue weighted by Crippen LogP contribution is 2.11. The fourth-order valence-corrected chi connectivity index (χ4v) is 2.24. The topological polar surface area (TPSA) is 110 Å². The molecule has 1 atom stereocenters. The maximum absolute atomic E-state index is 12.1. The van der Waals surface area contributed by atoms with Crippen LogP contribution in [0.4, 0.5) is 0 Å². The number of benzene rings is 1. The van der Waals surface area contributed by atoms with E-state index >= 15 is 0 Å². The highest BCUT2D eigenvalue weighted by molar-refractivity contribution is 5.96. The van der Waals surface area contributed by atoms with Crippen molar-refractivity contribution in [2.75, 3.05) is 26.8 Å². The van der Waals surface area contributed by atoms with Crippen LogP contribution in [0.3, 0.4) is 0 Å². The maximum atomic E-state index is 12.1. The van der Waals surface area contributed by atoms with Crippen molar-refractivity contribution < 1.29 is 24.2 Å². The van der Waals surface area contributed by atoms with Gasteiger partial charge in [-0.15, -0.1) is 0 Å². The van der Waals surface area contributed by atoms with Gasteiger partial charge in [0.15, 0.2) is 0 Å². The van der Waals surface area contributed by atoms with Crippen LogP contribution in [0, 0.1) is 0 Å². The second-order valence-corrected chi connectivity index (χ2v) is 6.15. The molecule has 0 aliphatic carbocycles. The van der Waals surface area contributed by atoms with Crippen LogP contribution in [0.15, 0.2) is 42.6 Å². The lowest BCUT2D eigenvalue weighted by Gasteiger charge is -2.08. The summed E-state index contributed by atoms with van der Waals surface area (Å²) in [5, 5.41) is 14.4. The molecule has 8 nitrogen and oxygen atoms in total. The molecule has 0 bridgehead atoms. The molecule has 2 aromatic rings. The zero-order valence-electron chi connectivity index (χ0n) is 16.0. The predicted molar refractivity (Wildman–Crippen MR) is 103 cm³/mol. The molecule has 2 rings (SSSR count). The van der Waals surface area contributed by atoms with E-state index in [-0.39, 0.29) is 18.1 Å². The van der Waals surface area contributed by atoms with Crippen LogP contribution in [-0.2, 0) is 11.3 Å². The number of hydrogen-bond acceptors (Lipinski definition) is 6. The van der Waals surface area contributed by atoms with Gasteiger partial charge in [-0.2, -0.15) is 0 Å². The normalized spacial score (nSPS) is 11.5. The minimum absolute atomic E-state index is 0.138. The Morgan fingerprint density at radius 2 is 1.86 bits per heavy atom. The van der Waals surface area contributed by atoms with Gasteiger partial charge in [-0.1, -0.05) is 12.1 Å². The first-order valence-corrected chi connectivity index (χ1v) is 8.90. The molecule has 8 heteroatoms. The highest BCUT2D eigenvalue weighted by Gasteiger charge is 2.10. The van der Waals surface area contributed by atoms with E-state index in [9.17, 15) is 9.59 Å². The van der Waals surface area contributed by atoms with Gasteiger partial charge in [0.05, 0.1) is 32.0 Å². The molecule has 150 valence electrons. The Morgan fingerprint density at radius 1 is 1.11 bits per heavy atom. The van der Waals surface area contributed by atoms with E-state index in [2.05, 4.69) is 15.6 Å². The monoisotopic (exact) mass is 387 g/mol. The molecular weight excluding hydrogens is 362 g/mol. The van der Waals surface area contributed by atoms with Crippen LogP contribution in [0.25, 0.3) is 0 Å². The fraction of sp³-hybridized carbons (Fsp3) is 0.350. The summed E-state index contributed by atoms with van der Waals surface area (Å²) in [5.74, 6) is 0.0901. The lowest BCUT2D eigenvalue weighted by Crippen LogP contribution is -2.31. The van der Waals surface area contributed by atoms with Crippen LogP contribution in [0.1, 0.15) is 33.3 Å². The highest BCUT2D eigenvalue weighted by atomic mass is 16.5. The largest absolute Gasteiger partial charge is 0.497 e. The van der Waals surface area contributed by atoms with Crippen molar-refractivity contribution >= 4 is 11.8 Å². The van der Waals surface area contributed by atoms with Gasteiger partial charge >= 0.3 is 0 Å². The SMILES string of the molecule is COc1ccc(COCCNC(=O)c2ccc(C(=O)NCC(C)O)nc2)cc1. The Kier molecular flexibility index (Phi) is 8.38. The molecule has 0 saturated carbocycles. The Labute approximate surface area is 163 Å². The summed E-state index contributed by atoms with van der Waals surface area (Å²) in [7, 11) is 1.61. The van der Waals surface area contributed by atoms with Crippen molar-refractivity contribution in [3.8, 4) is 5.75 Å². The van der Waals surface area contributed by atoms with E-state index in [4.69, 9.17) is 14.6 Å². The third-order valence-corrected chi connectivity index (χ3v) is 3.78. The van der Waals surface area contributed by atoms with Crippen LogP contribution in [0.5, 0.6) is 5.75 Å². The summed E-state index contributed by atoms with van der Waals surface area (Å²) < 4.78 is 10.6. The molecular formula is C20H25N3O5. The number of carbonyl (C=O) groups is 2. The quantitative estimate of drug-likeness (QED) is 0.528. The Morgan fingerprint density at radius 3 is 2.46 bits per heavy atom. The van der Waals surface area contributed by atoms with Crippen molar-refractivity contribution in [1.82, 2.24) is 15.6 Å². The van der Waals surface area contributed by atoms with Gasteiger partial charge in [0.2, 0.25) is 0 Å². The average Bonchev–Trinajstić information content (AvgIpc) is 2.72. The van der Waals surface area contributed by atoms with Crippen molar-refractivity contribution in [3.05, 3.63) is 59.4 Å². The van der Waals surface area contributed by atoms with E-state index < -0.39 is 12.0 Å². The number of aliphatic hydroxyl groups excluding tert-OH is 1. The van der Waals surface area contributed by atoms with Crippen molar-refractivity contribution in [2.45, 2.75) is 19.6 Å². The molecule has 0 fully saturated rings. The number of carbonyl (C=O) groups excluding carboxylic acids is 2. The number of aromatic nitrogens is 1.